The molecule has 25 heavy (non-hydrogen) atoms. The Balaban J connectivity index is 2.08. The van der Waals surface area contributed by atoms with E-state index in [0.29, 0.717) is 5.16 Å². The van der Waals surface area contributed by atoms with Gasteiger partial charge >= 0.3 is 0 Å². The van der Waals surface area contributed by atoms with E-state index in [2.05, 4.69) is 14.8 Å². The molecule has 0 unspecified atom stereocenters. The minimum Gasteiger partial charge on any atom is -0.229 e. The fourth-order valence-electron chi connectivity index (χ4n) is 2.48. The first-order chi connectivity index (χ1) is 11.7. The van der Waals surface area contributed by atoms with Gasteiger partial charge < -0.3 is 0 Å². The van der Waals surface area contributed by atoms with Crippen molar-refractivity contribution in [3.8, 4) is 11.3 Å². The third-order valence-corrected chi connectivity index (χ3v) is 5.75. The third kappa shape index (κ3) is 3.86. The highest BCUT2D eigenvalue weighted by molar-refractivity contribution is 7.98. The Kier molecular flexibility index (Phi) is 4.61. The molecule has 0 saturated heterocycles. The van der Waals surface area contributed by atoms with Crippen LogP contribution in [0.25, 0.3) is 16.8 Å². The van der Waals surface area contributed by atoms with Crippen molar-refractivity contribution in [2.24, 2.45) is 0 Å². The lowest BCUT2D eigenvalue weighted by Crippen LogP contribution is -2.40. The number of nitrogens with one attached hydrogen (secondary N) is 1. The fraction of sp³-hybridized carbons (Fsp3) is 0.294. The Morgan fingerprint density at radius 3 is 2.60 bits per heavy atom. The largest absolute Gasteiger partial charge is 0.241 e. The van der Waals surface area contributed by atoms with Crippen LogP contribution in [0.2, 0.25) is 0 Å². The lowest BCUT2D eigenvalue weighted by Gasteiger charge is -2.20. The van der Waals surface area contributed by atoms with Gasteiger partial charge in [0.1, 0.15) is 0 Å². The van der Waals surface area contributed by atoms with Crippen molar-refractivity contribution >= 4 is 27.3 Å². The van der Waals surface area contributed by atoms with Gasteiger partial charge in [-0.1, -0.05) is 23.9 Å². The van der Waals surface area contributed by atoms with Crippen LogP contribution in [0.3, 0.4) is 0 Å². The number of fused-ring (bicyclic) bond motifs is 1. The van der Waals surface area contributed by atoms with Crippen molar-refractivity contribution < 1.29 is 8.42 Å². The predicted octanol–water partition coefficient (Wildman–Crippen LogP) is 3.20. The fourth-order valence-corrected chi connectivity index (χ4v) is 4.27. The first-order valence-corrected chi connectivity index (χ1v) is 10.4. The van der Waals surface area contributed by atoms with E-state index < -0.39 is 15.6 Å². The molecular weight excluding hydrogens is 356 g/mol. The summed E-state index contributed by atoms with van der Waals surface area (Å²) in [4.78, 5) is 4.49. The normalized spacial score (nSPS) is 12.6. The Bertz CT molecular complexity index is 1020. The maximum absolute atomic E-state index is 12.6. The molecule has 1 aromatic carbocycles. The molecule has 3 aromatic rings. The van der Waals surface area contributed by atoms with Crippen molar-refractivity contribution in [3.05, 3.63) is 42.6 Å². The van der Waals surface area contributed by atoms with Crippen molar-refractivity contribution in [2.75, 3.05) is 6.26 Å². The van der Waals surface area contributed by atoms with E-state index in [4.69, 9.17) is 0 Å². The Morgan fingerprint density at radius 1 is 1.16 bits per heavy atom. The maximum Gasteiger partial charge on any atom is 0.241 e. The zero-order valence-electron chi connectivity index (χ0n) is 14.5. The molecule has 1 N–H and O–H groups in total. The number of benzene rings is 1. The van der Waals surface area contributed by atoms with Gasteiger partial charge in [0.25, 0.3) is 0 Å². The molecule has 0 aliphatic rings. The molecule has 0 amide bonds. The molecule has 6 nitrogen and oxygen atoms in total. The van der Waals surface area contributed by atoms with Crippen molar-refractivity contribution in [2.45, 2.75) is 36.4 Å². The van der Waals surface area contributed by atoms with Crippen LogP contribution in [0, 0.1) is 0 Å². The molecule has 0 spiro atoms. The van der Waals surface area contributed by atoms with Gasteiger partial charge in [-0.05, 0) is 51.3 Å². The van der Waals surface area contributed by atoms with Crippen molar-refractivity contribution in [1.29, 1.82) is 0 Å². The van der Waals surface area contributed by atoms with Crippen LogP contribution in [0.4, 0.5) is 0 Å². The van der Waals surface area contributed by atoms with Gasteiger partial charge in [-0.2, -0.15) is 0 Å². The molecule has 2 heterocycles. The quantitative estimate of drug-likeness (QED) is 0.708. The molecule has 0 atom stereocenters. The van der Waals surface area contributed by atoms with E-state index in [1.807, 2.05) is 45.2 Å². The highest BCUT2D eigenvalue weighted by Gasteiger charge is 2.22. The van der Waals surface area contributed by atoms with E-state index in [-0.39, 0.29) is 4.90 Å². The summed E-state index contributed by atoms with van der Waals surface area (Å²) in [6.07, 6.45) is 3.67. The van der Waals surface area contributed by atoms with E-state index in [9.17, 15) is 8.42 Å². The Labute approximate surface area is 151 Å². The molecule has 0 saturated carbocycles. The molecule has 3 rings (SSSR count). The van der Waals surface area contributed by atoms with E-state index in [1.165, 1.54) is 11.8 Å². The summed E-state index contributed by atoms with van der Waals surface area (Å²) >= 11 is 1.46. The summed E-state index contributed by atoms with van der Waals surface area (Å²) in [5, 5.41) is 5.14. The monoisotopic (exact) mass is 376 g/mol. The van der Waals surface area contributed by atoms with Gasteiger partial charge in [0.2, 0.25) is 15.2 Å². The number of thioether (sulfide) groups is 1. The number of rotatable bonds is 4. The van der Waals surface area contributed by atoms with Crippen LogP contribution in [0.5, 0.6) is 0 Å². The van der Waals surface area contributed by atoms with Crippen LogP contribution in [-0.4, -0.2) is 34.8 Å². The van der Waals surface area contributed by atoms with Crippen LogP contribution < -0.4 is 4.72 Å². The Morgan fingerprint density at radius 2 is 1.92 bits per heavy atom. The minimum absolute atomic E-state index is 0.231. The summed E-state index contributed by atoms with van der Waals surface area (Å²) in [7, 11) is -3.59. The third-order valence-electron chi connectivity index (χ3n) is 3.44. The Hall–Kier alpha value is -1.90. The first kappa shape index (κ1) is 17.9. The van der Waals surface area contributed by atoms with Crippen molar-refractivity contribution in [1.82, 2.24) is 19.3 Å². The molecule has 0 aliphatic heterocycles. The van der Waals surface area contributed by atoms with Gasteiger partial charge in [-0.15, -0.1) is 5.10 Å². The predicted molar refractivity (Wildman–Crippen MR) is 100 cm³/mol. The minimum atomic E-state index is -3.59. The lowest BCUT2D eigenvalue weighted by atomic mass is 10.1. The SMILES string of the molecule is CSc1ncc2ccc(-c3cccc(S(=O)(=O)NC(C)(C)C)c3)n2n1. The first-order valence-electron chi connectivity index (χ1n) is 7.73. The second-order valence-electron chi connectivity index (χ2n) is 6.68. The van der Waals surface area contributed by atoms with E-state index in [0.717, 1.165) is 16.8 Å². The number of aromatic nitrogens is 3. The highest BCUT2D eigenvalue weighted by Crippen LogP contribution is 2.25. The molecular formula is C17H20N4O2S2. The van der Waals surface area contributed by atoms with Crippen LogP contribution in [0.1, 0.15) is 20.8 Å². The number of sulfonamides is 1. The maximum atomic E-state index is 12.6. The molecule has 0 bridgehead atoms. The average Bonchev–Trinajstić information content (AvgIpc) is 2.95. The van der Waals surface area contributed by atoms with Gasteiger partial charge in [-0.25, -0.2) is 22.6 Å². The van der Waals surface area contributed by atoms with Crippen LogP contribution >= 0.6 is 11.8 Å². The van der Waals surface area contributed by atoms with Gasteiger partial charge in [0, 0.05) is 11.1 Å². The molecule has 0 aliphatic carbocycles. The average molecular weight is 377 g/mol. The summed E-state index contributed by atoms with van der Waals surface area (Å²) < 4.78 is 29.6. The molecule has 0 fully saturated rings. The van der Waals surface area contributed by atoms with Gasteiger partial charge in [-0.3, -0.25) is 0 Å². The van der Waals surface area contributed by atoms with Gasteiger partial charge in [0.15, 0.2) is 0 Å². The molecule has 132 valence electrons. The smallest absolute Gasteiger partial charge is 0.229 e. The zero-order valence-corrected chi connectivity index (χ0v) is 16.1. The van der Waals surface area contributed by atoms with Gasteiger partial charge in [0.05, 0.1) is 22.3 Å². The summed E-state index contributed by atoms with van der Waals surface area (Å²) in [5.41, 5.74) is 1.91. The van der Waals surface area contributed by atoms with Crippen LogP contribution in [0.15, 0.2) is 52.6 Å². The second kappa shape index (κ2) is 6.44. The lowest BCUT2D eigenvalue weighted by molar-refractivity contribution is 0.491. The van der Waals surface area contributed by atoms with E-state index >= 15 is 0 Å². The second-order valence-corrected chi connectivity index (χ2v) is 9.14. The summed E-state index contributed by atoms with van der Waals surface area (Å²) in [6.45, 7) is 5.45. The molecule has 2 aromatic heterocycles. The standard InChI is InChI=1S/C17H20N4O2S2/c1-17(2,3)20-25(22,23)14-7-5-6-12(10-14)15-9-8-13-11-18-16(24-4)19-21(13)15/h5-11,20H,1-4H3. The van der Waals surface area contributed by atoms with E-state index in [1.54, 1.807) is 28.9 Å². The number of hydrogen-bond acceptors (Lipinski definition) is 5. The molecule has 8 heteroatoms. The summed E-state index contributed by atoms with van der Waals surface area (Å²) in [6, 6.07) is 10.7. The van der Waals surface area contributed by atoms with Crippen molar-refractivity contribution in [3.63, 3.8) is 0 Å². The highest BCUT2D eigenvalue weighted by atomic mass is 32.2. The summed E-state index contributed by atoms with van der Waals surface area (Å²) in [5.74, 6) is 0. The molecule has 0 radical (unpaired) electrons. The zero-order chi connectivity index (χ0) is 18.2. The number of hydrogen-bond donors (Lipinski definition) is 1. The van der Waals surface area contributed by atoms with Crippen LogP contribution in [-0.2, 0) is 10.0 Å². The topological polar surface area (TPSA) is 76.4 Å². The number of nitrogens with zero attached hydrogens (tertiary/aromatic N) is 3.